The minimum atomic E-state index is 0.673. The van der Waals surface area contributed by atoms with Crippen LogP contribution in [0.25, 0.3) is 0 Å². The van der Waals surface area contributed by atoms with Crippen molar-refractivity contribution in [2.45, 2.75) is 19.8 Å². The summed E-state index contributed by atoms with van der Waals surface area (Å²) in [6, 6.07) is 9.59. The molecular formula is C18H24ClN3O2. The molecule has 0 saturated heterocycles. The second-order valence-corrected chi connectivity index (χ2v) is 5.63. The second kappa shape index (κ2) is 9.88. The van der Waals surface area contributed by atoms with E-state index in [0.717, 1.165) is 54.0 Å². The molecular weight excluding hydrogens is 326 g/mol. The second-order valence-electron chi connectivity index (χ2n) is 5.22. The molecule has 0 spiro atoms. The maximum Gasteiger partial charge on any atom is 0.191 e. The van der Waals surface area contributed by atoms with Crippen molar-refractivity contribution in [1.82, 2.24) is 10.6 Å². The van der Waals surface area contributed by atoms with Gasteiger partial charge in [-0.25, -0.2) is 0 Å². The number of rotatable bonds is 8. The third-order valence-corrected chi connectivity index (χ3v) is 3.85. The zero-order chi connectivity index (χ0) is 17.2. The lowest BCUT2D eigenvalue weighted by Crippen LogP contribution is -2.38. The number of aliphatic imine (C=N–C) groups is 1. The molecule has 2 aromatic rings. The smallest absolute Gasteiger partial charge is 0.191 e. The van der Waals surface area contributed by atoms with Crippen LogP contribution in [0.4, 0.5) is 0 Å². The van der Waals surface area contributed by atoms with E-state index in [1.165, 1.54) is 0 Å². The van der Waals surface area contributed by atoms with Gasteiger partial charge in [0.15, 0.2) is 5.96 Å². The van der Waals surface area contributed by atoms with E-state index in [2.05, 4.69) is 15.6 Å². The molecule has 0 unspecified atom stereocenters. The van der Waals surface area contributed by atoms with Gasteiger partial charge in [0.05, 0.1) is 13.4 Å². The number of nitrogens with zero attached hydrogens (tertiary/aromatic N) is 1. The molecule has 24 heavy (non-hydrogen) atoms. The summed E-state index contributed by atoms with van der Waals surface area (Å²) in [5, 5.41) is 7.28. The van der Waals surface area contributed by atoms with Crippen LogP contribution >= 0.6 is 11.6 Å². The molecule has 6 heteroatoms. The van der Waals surface area contributed by atoms with Gasteiger partial charge in [0.25, 0.3) is 0 Å². The first-order valence-electron chi connectivity index (χ1n) is 8.10. The Morgan fingerprint density at radius 3 is 2.79 bits per heavy atom. The molecule has 0 saturated carbocycles. The van der Waals surface area contributed by atoms with E-state index in [0.29, 0.717) is 6.54 Å². The topological polar surface area (TPSA) is 58.8 Å². The van der Waals surface area contributed by atoms with Crippen molar-refractivity contribution < 1.29 is 9.15 Å². The van der Waals surface area contributed by atoms with Gasteiger partial charge < -0.3 is 19.8 Å². The SMILES string of the molecule is CCNC(=NCCc1ccco1)NCCc1ccc(OC)cc1Cl. The Balaban J connectivity index is 1.82. The summed E-state index contributed by atoms with van der Waals surface area (Å²) in [6.07, 6.45) is 3.28. The van der Waals surface area contributed by atoms with Crippen molar-refractivity contribution >= 4 is 17.6 Å². The number of ether oxygens (including phenoxy) is 1. The Bertz CT molecular complexity index is 642. The number of guanidine groups is 1. The average molecular weight is 350 g/mol. The predicted molar refractivity (Wildman–Crippen MR) is 98.1 cm³/mol. The van der Waals surface area contributed by atoms with E-state index >= 15 is 0 Å². The van der Waals surface area contributed by atoms with Crippen molar-refractivity contribution in [2.75, 3.05) is 26.7 Å². The lowest BCUT2D eigenvalue weighted by Gasteiger charge is -2.12. The Labute approximate surface area is 148 Å². The predicted octanol–water partition coefficient (Wildman–Crippen LogP) is 3.28. The fourth-order valence-corrected chi connectivity index (χ4v) is 2.51. The van der Waals surface area contributed by atoms with E-state index in [1.54, 1.807) is 13.4 Å². The standard InChI is InChI=1S/C18H24ClN3O2/c1-3-20-18(22-11-9-15-5-4-12-24-15)21-10-8-14-6-7-16(23-2)13-17(14)19/h4-7,12-13H,3,8-11H2,1-2H3,(H2,20,21,22). The summed E-state index contributed by atoms with van der Waals surface area (Å²) >= 11 is 6.26. The first-order chi connectivity index (χ1) is 11.7. The zero-order valence-corrected chi connectivity index (χ0v) is 14.9. The monoisotopic (exact) mass is 349 g/mol. The average Bonchev–Trinajstić information content (AvgIpc) is 3.09. The molecule has 130 valence electrons. The number of hydrogen-bond donors (Lipinski definition) is 2. The van der Waals surface area contributed by atoms with Gasteiger partial charge in [-0.2, -0.15) is 0 Å². The van der Waals surface area contributed by atoms with Crippen molar-refractivity contribution in [3.05, 3.63) is 52.9 Å². The van der Waals surface area contributed by atoms with Crippen molar-refractivity contribution in [3.8, 4) is 5.75 Å². The molecule has 2 rings (SSSR count). The van der Waals surface area contributed by atoms with Crippen molar-refractivity contribution in [3.63, 3.8) is 0 Å². The maximum atomic E-state index is 6.26. The molecule has 1 aromatic carbocycles. The highest BCUT2D eigenvalue weighted by molar-refractivity contribution is 6.31. The van der Waals surface area contributed by atoms with Crippen LogP contribution in [-0.2, 0) is 12.8 Å². The minimum absolute atomic E-state index is 0.673. The summed E-state index contributed by atoms with van der Waals surface area (Å²) < 4.78 is 10.5. The molecule has 0 fully saturated rings. The van der Waals surface area contributed by atoms with Crippen LogP contribution in [0.2, 0.25) is 5.02 Å². The minimum Gasteiger partial charge on any atom is -0.497 e. The van der Waals surface area contributed by atoms with E-state index in [1.807, 2.05) is 37.3 Å². The molecule has 0 aliphatic heterocycles. The molecule has 1 aromatic heterocycles. The van der Waals surface area contributed by atoms with Gasteiger partial charge in [-0.3, -0.25) is 4.99 Å². The first kappa shape index (κ1) is 18.2. The van der Waals surface area contributed by atoms with Crippen molar-refractivity contribution in [2.24, 2.45) is 4.99 Å². The highest BCUT2D eigenvalue weighted by atomic mass is 35.5. The molecule has 0 radical (unpaired) electrons. The number of halogens is 1. The lowest BCUT2D eigenvalue weighted by molar-refractivity contribution is 0.414. The third kappa shape index (κ3) is 5.81. The Hall–Kier alpha value is -2.14. The third-order valence-electron chi connectivity index (χ3n) is 3.50. The quantitative estimate of drug-likeness (QED) is 0.567. The number of methoxy groups -OCH3 is 1. The highest BCUT2D eigenvalue weighted by Crippen LogP contribution is 2.22. The van der Waals surface area contributed by atoms with E-state index in [-0.39, 0.29) is 0 Å². The molecule has 1 heterocycles. The summed E-state index contributed by atoms with van der Waals surface area (Å²) in [6.45, 7) is 4.28. The summed E-state index contributed by atoms with van der Waals surface area (Å²) in [5.41, 5.74) is 1.08. The van der Waals surface area contributed by atoms with E-state index < -0.39 is 0 Å². The van der Waals surface area contributed by atoms with Crippen LogP contribution in [-0.4, -0.2) is 32.7 Å². The summed E-state index contributed by atoms with van der Waals surface area (Å²) in [4.78, 5) is 4.55. The largest absolute Gasteiger partial charge is 0.497 e. The number of hydrogen-bond acceptors (Lipinski definition) is 3. The molecule has 0 amide bonds. The van der Waals surface area contributed by atoms with Gasteiger partial charge in [-0.1, -0.05) is 17.7 Å². The summed E-state index contributed by atoms with van der Waals surface area (Å²) in [5.74, 6) is 2.51. The van der Waals surface area contributed by atoms with Gasteiger partial charge in [0.2, 0.25) is 0 Å². The van der Waals surface area contributed by atoms with E-state index in [9.17, 15) is 0 Å². The van der Waals surface area contributed by atoms with Gasteiger partial charge >= 0.3 is 0 Å². The van der Waals surface area contributed by atoms with Gasteiger partial charge in [-0.05, 0) is 43.2 Å². The molecule has 0 atom stereocenters. The maximum absolute atomic E-state index is 6.26. The van der Waals surface area contributed by atoms with Crippen LogP contribution in [0, 0.1) is 0 Å². The molecule has 0 bridgehead atoms. The van der Waals surface area contributed by atoms with Crippen LogP contribution in [0.5, 0.6) is 5.75 Å². The van der Waals surface area contributed by atoms with E-state index in [4.69, 9.17) is 20.8 Å². The fraction of sp³-hybridized carbons (Fsp3) is 0.389. The fourth-order valence-electron chi connectivity index (χ4n) is 2.25. The normalized spacial score (nSPS) is 11.4. The molecule has 2 N–H and O–H groups in total. The zero-order valence-electron chi connectivity index (χ0n) is 14.1. The van der Waals surface area contributed by atoms with Crippen molar-refractivity contribution in [1.29, 1.82) is 0 Å². The van der Waals surface area contributed by atoms with Gasteiger partial charge in [0, 0.05) is 31.1 Å². The number of benzene rings is 1. The Kier molecular flexibility index (Phi) is 7.49. The number of furan rings is 1. The van der Waals surface area contributed by atoms with Crippen LogP contribution < -0.4 is 15.4 Å². The first-order valence-corrected chi connectivity index (χ1v) is 8.47. The highest BCUT2D eigenvalue weighted by Gasteiger charge is 2.03. The lowest BCUT2D eigenvalue weighted by atomic mass is 10.1. The summed E-state index contributed by atoms with van der Waals surface area (Å²) in [7, 11) is 1.63. The number of nitrogens with one attached hydrogen (secondary N) is 2. The molecule has 0 aliphatic carbocycles. The Morgan fingerprint density at radius 2 is 2.12 bits per heavy atom. The van der Waals surface area contributed by atoms with Crippen LogP contribution in [0.1, 0.15) is 18.2 Å². The Morgan fingerprint density at radius 1 is 1.25 bits per heavy atom. The van der Waals surface area contributed by atoms with Crippen LogP contribution in [0.3, 0.4) is 0 Å². The van der Waals surface area contributed by atoms with Crippen LogP contribution in [0.15, 0.2) is 46.0 Å². The molecule has 5 nitrogen and oxygen atoms in total. The van der Waals surface area contributed by atoms with Gasteiger partial charge in [0.1, 0.15) is 11.5 Å². The molecule has 0 aliphatic rings. The van der Waals surface area contributed by atoms with Gasteiger partial charge in [-0.15, -0.1) is 0 Å².